The molecule has 1 aromatic carbocycles. The van der Waals surface area contributed by atoms with E-state index in [2.05, 4.69) is 16.4 Å². The van der Waals surface area contributed by atoms with Gasteiger partial charge in [-0.3, -0.25) is 9.59 Å². The Labute approximate surface area is 173 Å². The summed E-state index contributed by atoms with van der Waals surface area (Å²) in [5.41, 5.74) is 2.94. The fourth-order valence-electron chi connectivity index (χ4n) is 2.54. The number of ether oxygens (including phenoxy) is 1. The third-order valence-electron chi connectivity index (χ3n) is 3.77. The van der Waals surface area contributed by atoms with E-state index in [-0.39, 0.29) is 24.7 Å². The van der Waals surface area contributed by atoms with Crippen LogP contribution in [0.15, 0.2) is 29.3 Å². The minimum absolute atomic E-state index is 0.0555. The van der Waals surface area contributed by atoms with Crippen molar-refractivity contribution in [1.82, 2.24) is 4.98 Å². The number of Topliss-reactive ketones (excluding diaryl/α,β-unsaturated/α-hetero) is 1. The van der Waals surface area contributed by atoms with E-state index in [1.54, 1.807) is 25.1 Å². The van der Waals surface area contributed by atoms with Crippen molar-refractivity contribution in [1.29, 1.82) is 5.26 Å². The zero-order chi connectivity index (χ0) is 20.7. The van der Waals surface area contributed by atoms with E-state index in [1.165, 1.54) is 11.8 Å². The molecule has 146 valence electrons. The molecule has 0 radical (unpaired) electrons. The summed E-state index contributed by atoms with van der Waals surface area (Å²) in [4.78, 5) is 28.7. The second kappa shape index (κ2) is 10.1. The van der Waals surface area contributed by atoms with Gasteiger partial charge in [0, 0.05) is 22.0 Å². The minimum Gasteiger partial charge on any atom is -0.465 e. The number of rotatable bonds is 8. The zero-order valence-electron chi connectivity index (χ0n) is 15.8. The topological polar surface area (TPSA) is 92.1 Å². The number of aromatic nitrogens is 1. The van der Waals surface area contributed by atoms with Crippen molar-refractivity contribution >= 4 is 40.8 Å². The number of carbonyl (C=O) groups excluding carboxylic acids is 2. The van der Waals surface area contributed by atoms with Crippen LogP contribution >= 0.6 is 23.4 Å². The maximum absolute atomic E-state index is 12.8. The Morgan fingerprint density at radius 3 is 2.75 bits per heavy atom. The number of hydrogen-bond acceptors (Lipinski definition) is 7. The first-order chi connectivity index (χ1) is 13.3. The van der Waals surface area contributed by atoms with Gasteiger partial charge in [-0.25, -0.2) is 4.98 Å². The lowest BCUT2D eigenvalue weighted by Crippen LogP contribution is -2.18. The maximum atomic E-state index is 12.8. The fourth-order valence-corrected chi connectivity index (χ4v) is 3.69. The number of hydrogen-bond donors (Lipinski definition) is 1. The summed E-state index contributed by atoms with van der Waals surface area (Å²) in [5.74, 6) is -0.522. The molecule has 1 N–H and O–H groups in total. The molecule has 28 heavy (non-hydrogen) atoms. The molecule has 1 heterocycles. The molecule has 1 aromatic heterocycles. The van der Waals surface area contributed by atoms with Gasteiger partial charge in [0.05, 0.1) is 17.9 Å². The molecule has 8 heteroatoms. The normalized spacial score (nSPS) is 10.2. The highest BCUT2D eigenvalue weighted by atomic mass is 35.5. The van der Waals surface area contributed by atoms with Crippen LogP contribution in [0.1, 0.15) is 34.1 Å². The van der Waals surface area contributed by atoms with E-state index >= 15 is 0 Å². The third kappa shape index (κ3) is 5.72. The summed E-state index contributed by atoms with van der Waals surface area (Å²) in [7, 11) is 0. The van der Waals surface area contributed by atoms with Crippen molar-refractivity contribution in [2.75, 3.05) is 24.2 Å². The standard InChI is InChI=1S/C20H20ClN3O3S/c1-4-27-19(26)10-23-17-6-5-14(21)8-15(17)18(25)11-28-20-16(9-22)12(2)7-13(3)24-20/h5-8,23H,4,10-11H2,1-3H3. The summed E-state index contributed by atoms with van der Waals surface area (Å²) in [6, 6.07) is 8.81. The molecule has 0 atom stereocenters. The van der Waals surface area contributed by atoms with Crippen molar-refractivity contribution < 1.29 is 14.3 Å². The first-order valence-corrected chi connectivity index (χ1v) is 9.95. The predicted octanol–water partition coefficient (Wildman–Crippen LogP) is 4.17. The minimum atomic E-state index is -0.414. The highest BCUT2D eigenvalue weighted by Crippen LogP contribution is 2.27. The molecule has 0 saturated carbocycles. The van der Waals surface area contributed by atoms with Gasteiger partial charge < -0.3 is 10.1 Å². The zero-order valence-corrected chi connectivity index (χ0v) is 17.4. The number of aryl methyl sites for hydroxylation is 2. The number of benzene rings is 1. The van der Waals surface area contributed by atoms with Crippen LogP contribution in [0, 0.1) is 25.2 Å². The van der Waals surface area contributed by atoms with Crippen LogP contribution in [0.25, 0.3) is 0 Å². The molecule has 2 aromatic rings. The molecule has 2 rings (SSSR count). The van der Waals surface area contributed by atoms with Crippen molar-refractivity contribution in [2.24, 2.45) is 0 Å². The molecule has 0 fully saturated rings. The molecule has 0 spiro atoms. The van der Waals surface area contributed by atoms with E-state index in [0.29, 0.717) is 26.9 Å². The Bertz CT molecular complexity index is 941. The van der Waals surface area contributed by atoms with E-state index in [9.17, 15) is 14.9 Å². The molecule has 6 nitrogen and oxygen atoms in total. The summed E-state index contributed by atoms with van der Waals surface area (Å²) in [6.45, 7) is 5.64. The number of nitrogens with zero attached hydrogens (tertiary/aromatic N) is 2. The highest BCUT2D eigenvalue weighted by molar-refractivity contribution is 8.00. The lowest BCUT2D eigenvalue weighted by molar-refractivity contribution is -0.140. The van der Waals surface area contributed by atoms with E-state index in [1.807, 2.05) is 19.9 Å². The Morgan fingerprint density at radius 1 is 1.32 bits per heavy atom. The van der Waals surface area contributed by atoms with Crippen LogP contribution in [0.3, 0.4) is 0 Å². The number of pyridine rings is 1. The van der Waals surface area contributed by atoms with Gasteiger partial charge >= 0.3 is 5.97 Å². The second-order valence-corrected chi connectivity index (χ2v) is 7.33. The average Bonchev–Trinajstić information content (AvgIpc) is 2.65. The number of thioether (sulfide) groups is 1. The molecule has 0 aliphatic heterocycles. The van der Waals surface area contributed by atoms with Gasteiger partial charge in [-0.1, -0.05) is 23.4 Å². The SMILES string of the molecule is CCOC(=O)CNc1ccc(Cl)cc1C(=O)CSc1nc(C)cc(C)c1C#N. The number of nitrogens with one attached hydrogen (secondary N) is 1. The van der Waals surface area contributed by atoms with Crippen molar-refractivity contribution in [3.05, 3.63) is 51.7 Å². The number of esters is 1. The van der Waals surface area contributed by atoms with E-state index < -0.39 is 5.97 Å². The maximum Gasteiger partial charge on any atom is 0.325 e. The largest absolute Gasteiger partial charge is 0.465 e. The highest BCUT2D eigenvalue weighted by Gasteiger charge is 2.16. The quantitative estimate of drug-likeness (QED) is 0.391. The first kappa shape index (κ1) is 21.7. The number of nitriles is 1. The van der Waals surface area contributed by atoms with Crippen molar-refractivity contribution in [3.8, 4) is 6.07 Å². The number of halogens is 1. The lowest BCUT2D eigenvalue weighted by Gasteiger charge is -2.12. The lowest BCUT2D eigenvalue weighted by atomic mass is 10.1. The number of anilines is 1. The molecule has 0 unspecified atom stereocenters. The van der Waals surface area contributed by atoms with Crippen LogP contribution in [0.4, 0.5) is 5.69 Å². The van der Waals surface area contributed by atoms with Crippen LogP contribution in [-0.4, -0.2) is 35.6 Å². The molecule has 0 aliphatic carbocycles. The Hall–Kier alpha value is -2.56. The molecule has 0 amide bonds. The Balaban J connectivity index is 2.17. The Kier molecular flexibility index (Phi) is 7.85. The second-order valence-electron chi connectivity index (χ2n) is 5.93. The monoisotopic (exact) mass is 417 g/mol. The average molecular weight is 418 g/mol. The molecule has 0 saturated heterocycles. The summed E-state index contributed by atoms with van der Waals surface area (Å²) in [6.07, 6.45) is 0. The third-order valence-corrected chi connectivity index (χ3v) is 4.98. The van der Waals surface area contributed by atoms with Gasteiger partial charge in [0.1, 0.15) is 17.6 Å². The van der Waals surface area contributed by atoms with E-state index in [4.69, 9.17) is 16.3 Å². The fraction of sp³-hybridized carbons (Fsp3) is 0.300. The van der Waals surface area contributed by atoms with Crippen molar-refractivity contribution in [2.45, 2.75) is 25.8 Å². The molecule has 0 bridgehead atoms. The Morgan fingerprint density at radius 2 is 2.07 bits per heavy atom. The molecular weight excluding hydrogens is 398 g/mol. The van der Waals surface area contributed by atoms with Gasteiger partial charge in [-0.15, -0.1) is 0 Å². The van der Waals surface area contributed by atoms with Gasteiger partial charge in [-0.2, -0.15) is 5.26 Å². The smallest absolute Gasteiger partial charge is 0.325 e. The summed E-state index contributed by atoms with van der Waals surface area (Å²) < 4.78 is 4.89. The van der Waals surface area contributed by atoms with Gasteiger partial charge in [0.25, 0.3) is 0 Å². The molecular formula is C20H20ClN3O3S. The van der Waals surface area contributed by atoms with E-state index in [0.717, 1.165) is 11.3 Å². The first-order valence-electron chi connectivity index (χ1n) is 8.59. The van der Waals surface area contributed by atoms with Crippen LogP contribution in [-0.2, 0) is 9.53 Å². The summed E-state index contributed by atoms with van der Waals surface area (Å²) >= 11 is 7.25. The molecule has 0 aliphatic rings. The van der Waals surface area contributed by atoms with Gasteiger partial charge in [0.15, 0.2) is 5.78 Å². The van der Waals surface area contributed by atoms with Gasteiger partial charge in [-0.05, 0) is 50.6 Å². The number of ketones is 1. The van der Waals surface area contributed by atoms with Crippen LogP contribution in [0.5, 0.6) is 0 Å². The summed E-state index contributed by atoms with van der Waals surface area (Å²) in [5, 5.41) is 13.2. The predicted molar refractivity (Wildman–Crippen MR) is 110 cm³/mol. The van der Waals surface area contributed by atoms with Crippen molar-refractivity contribution in [3.63, 3.8) is 0 Å². The van der Waals surface area contributed by atoms with Gasteiger partial charge in [0.2, 0.25) is 0 Å². The number of carbonyl (C=O) groups is 2. The van der Waals surface area contributed by atoms with Crippen LogP contribution < -0.4 is 5.32 Å². The van der Waals surface area contributed by atoms with Crippen LogP contribution in [0.2, 0.25) is 5.02 Å².